The van der Waals surface area contributed by atoms with Gasteiger partial charge in [-0.1, -0.05) is 59.8 Å². The van der Waals surface area contributed by atoms with Crippen LogP contribution in [0.25, 0.3) is 0 Å². The summed E-state index contributed by atoms with van der Waals surface area (Å²) in [6, 6.07) is 0. The molecular formula is C14H28. The van der Waals surface area contributed by atoms with E-state index in [1.807, 2.05) is 0 Å². The second-order valence-electron chi connectivity index (χ2n) is 5.61. The van der Waals surface area contributed by atoms with E-state index < -0.39 is 0 Å². The highest BCUT2D eigenvalue weighted by atomic mass is 14.5. The third-order valence-corrected chi connectivity index (χ3v) is 4.13. The van der Waals surface area contributed by atoms with Crippen molar-refractivity contribution in [1.82, 2.24) is 0 Å². The molecule has 14 heavy (non-hydrogen) atoms. The maximum absolute atomic E-state index is 2.45. The standard InChI is InChI=1S/C14H28/c1-5-6-7-8-9-13-10-14(13)12(4)11(2)3/h11-14H,5-10H2,1-4H3. The van der Waals surface area contributed by atoms with Gasteiger partial charge in [-0.2, -0.15) is 0 Å². The van der Waals surface area contributed by atoms with Gasteiger partial charge in [0.2, 0.25) is 0 Å². The SMILES string of the molecule is CCCCCCC1CC1C(C)C(C)C. The summed E-state index contributed by atoms with van der Waals surface area (Å²) < 4.78 is 0. The molecule has 0 saturated heterocycles. The Hall–Kier alpha value is 0. The zero-order chi connectivity index (χ0) is 10.6. The van der Waals surface area contributed by atoms with E-state index in [1.165, 1.54) is 38.5 Å². The molecule has 0 heteroatoms. The smallest absolute Gasteiger partial charge is 0.0355 e. The maximum Gasteiger partial charge on any atom is -0.0355 e. The van der Waals surface area contributed by atoms with Crippen molar-refractivity contribution >= 4 is 0 Å². The van der Waals surface area contributed by atoms with Crippen LogP contribution in [0.4, 0.5) is 0 Å². The molecule has 0 bridgehead atoms. The number of hydrogen-bond acceptors (Lipinski definition) is 0. The minimum Gasteiger partial charge on any atom is -0.0654 e. The largest absolute Gasteiger partial charge is 0.0654 e. The second-order valence-corrected chi connectivity index (χ2v) is 5.61. The first-order valence-corrected chi connectivity index (χ1v) is 6.66. The van der Waals surface area contributed by atoms with Crippen molar-refractivity contribution in [2.24, 2.45) is 23.7 Å². The van der Waals surface area contributed by atoms with Crippen molar-refractivity contribution in [3.63, 3.8) is 0 Å². The molecule has 0 amide bonds. The molecule has 3 unspecified atom stereocenters. The van der Waals surface area contributed by atoms with E-state index >= 15 is 0 Å². The van der Waals surface area contributed by atoms with Gasteiger partial charge in [0.25, 0.3) is 0 Å². The molecule has 1 aliphatic rings. The van der Waals surface area contributed by atoms with Gasteiger partial charge in [-0.05, 0) is 30.1 Å². The molecule has 0 nitrogen and oxygen atoms in total. The molecule has 3 atom stereocenters. The molecule has 0 N–H and O–H groups in total. The lowest BCUT2D eigenvalue weighted by molar-refractivity contribution is 0.348. The number of rotatable bonds is 7. The van der Waals surface area contributed by atoms with Crippen LogP contribution in [0.15, 0.2) is 0 Å². The first-order chi connectivity index (χ1) is 6.66. The van der Waals surface area contributed by atoms with Crippen LogP contribution in [0.5, 0.6) is 0 Å². The molecule has 1 fully saturated rings. The molecule has 0 radical (unpaired) electrons. The molecule has 0 aromatic rings. The average Bonchev–Trinajstić information content (AvgIpc) is 2.90. The quantitative estimate of drug-likeness (QED) is 0.509. The van der Waals surface area contributed by atoms with Gasteiger partial charge >= 0.3 is 0 Å². The average molecular weight is 196 g/mol. The Balaban J connectivity index is 2.02. The third-order valence-electron chi connectivity index (χ3n) is 4.13. The van der Waals surface area contributed by atoms with Gasteiger partial charge in [-0.15, -0.1) is 0 Å². The molecule has 1 saturated carbocycles. The van der Waals surface area contributed by atoms with Crippen LogP contribution in [-0.4, -0.2) is 0 Å². The molecule has 84 valence electrons. The molecule has 0 heterocycles. The third kappa shape index (κ3) is 3.63. The van der Waals surface area contributed by atoms with Gasteiger partial charge in [0, 0.05) is 0 Å². The lowest BCUT2D eigenvalue weighted by Crippen LogP contribution is -2.07. The van der Waals surface area contributed by atoms with E-state index in [1.54, 1.807) is 0 Å². The topological polar surface area (TPSA) is 0 Å². The van der Waals surface area contributed by atoms with Crippen molar-refractivity contribution in [3.05, 3.63) is 0 Å². The van der Waals surface area contributed by atoms with Gasteiger partial charge in [-0.3, -0.25) is 0 Å². The Labute approximate surface area is 90.5 Å². The molecule has 0 spiro atoms. The fourth-order valence-corrected chi connectivity index (χ4v) is 2.57. The van der Waals surface area contributed by atoms with Crippen LogP contribution in [0, 0.1) is 23.7 Å². The predicted molar refractivity (Wildman–Crippen MR) is 64.4 cm³/mol. The van der Waals surface area contributed by atoms with Crippen molar-refractivity contribution in [3.8, 4) is 0 Å². The highest BCUT2D eigenvalue weighted by molar-refractivity contribution is 4.90. The van der Waals surface area contributed by atoms with Gasteiger partial charge < -0.3 is 0 Å². The Kier molecular flexibility index (Phi) is 4.98. The normalized spacial score (nSPS) is 28.1. The second kappa shape index (κ2) is 5.78. The van der Waals surface area contributed by atoms with Crippen molar-refractivity contribution in [1.29, 1.82) is 0 Å². The molecule has 1 aliphatic carbocycles. The van der Waals surface area contributed by atoms with E-state index in [0.29, 0.717) is 0 Å². The van der Waals surface area contributed by atoms with E-state index in [-0.39, 0.29) is 0 Å². The highest BCUT2D eigenvalue weighted by Crippen LogP contribution is 2.49. The van der Waals surface area contributed by atoms with Crippen molar-refractivity contribution in [2.75, 3.05) is 0 Å². The summed E-state index contributed by atoms with van der Waals surface area (Å²) in [7, 11) is 0. The van der Waals surface area contributed by atoms with Gasteiger partial charge in [0.1, 0.15) is 0 Å². The predicted octanol–water partition coefficient (Wildman–Crippen LogP) is 4.89. The first-order valence-electron chi connectivity index (χ1n) is 6.66. The Morgan fingerprint density at radius 3 is 2.36 bits per heavy atom. The van der Waals surface area contributed by atoms with Crippen LogP contribution in [0.2, 0.25) is 0 Å². The summed E-state index contributed by atoms with van der Waals surface area (Å²) in [5.41, 5.74) is 0. The fraction of sp³-hybridized carbons (Fsp3) is 1.00. The Morgan fingerprint density at radius 1 is 1.07 bits per heavy atom. The van der Waals surface area contributed by atoms with Gasteiger partial charge in [-0.25, -0.2) is 0 Å². The minimum absolute atomic E-state index is 0.889. The highest BCUT2D eigenvalue weighted by Gasteiger charge is 2.40. The minimum atomic E-state index is 0.889. The zero-order valence-corrected chi connectivity index (χ0v) is 10.6. The number of unbranched alkanes of at least 4 members (excludes halogenated alkanes) is 3. The summed E-state index contributed by atoms with van der Waals surface area (Å²) in [6.07, 6.45) is 8.82. The van der Waals surface area contributed by atoms with Crippen LogP contribution in [0.1, 0.15) is 66.2 Å². The van der Waals surface area contributed by atoms with Crippen molar-refractivity contribution in [2.45, 2.75) is 66.2 Å². The van der Waals surface area contributed by atoms with E-state index in [2.05, 4.69) is 27.7 Å². The van der Waals surface area contributed by atoms with Crippen molar-refractivity contribution < 1.29 is 0 Å². The van der Waals surface area contributed by atoms with Crippen LogP contribution in [-0.2, 0) is 0 Å². The molecule has 1 rings (SSSR count). The summed E-state index contributed by atoms with van der Waals surface area (Å²) in [5.74, 6) is 4.03. The molecular weight excluding hydrogens is 168 g/mol. The zero-order valence-electron chi connectivity index (χ0n) is 10.6. The lowest BCUT2D eigenvalue weighted by Gasteiger charge is -2.14. The summed E-state index contributed by atoms with van der Waals surface area (Å²) in [5, 5.41) is 0. The Morgan fingerprint density at radius 2 is 1.79 bits per heavy atom. The number of hydrogen-bond donors (Lipinski definition) is 0. The molecule has 0 aromatic heterocycles. The van der Waals surface area contributed by atoms with E-state index in [9.17, 15) is 0 Å². The van der Waals surface area contributed by atoms with Crippen LogP contribution < -0.4 is 0 Å². The summed E-state index contributed by atoms with van der Waals surface area (Å²) in [6.45, 7) is 9.48. The van der Waals surface area contributed by atoms with Gasteiger partial charge in [0.05, 0.1) is 0 Å². The van der Waals surface area contributed by atoms with Gasteiger partial charge in [0.15, 0.2) is 0 Å². The lowest BCUT2D eigenvalue weighted by atomic mass is 9.91. The fourth-order valence-electron chi connectivity index (χ4n) is 2.57. The molecule has 0 aliphatic heterocycles. The monoisotopic (exact) mass is 196 g/mol. The Bertz CT molecular complexity index is 148. The van der Waals surface area contributed by atoms with Crippen LogP contribution >= 0.6 is 0 Å². The van der Waals surface area contributed by atoms with Crippen LogP contribution in [0.3, 0.4) is 0 Å². The van der Waals surface area contributed by atoms with E-state index in [4.69, 9.17) is 0 Å². The molecule has 0 aromatic carbocycles. The van der Waals surface area contributed by atoms with E-state index in [0.717, 1.165) is 23.7 Å². The maximum atomic E-state index is 2.45. The first kappa shape index (κ1) is 12.1. The summed E-state index contributed by atoms with van der Waals surface area (Å²) >= 11 is 0. The summed E-state index contributed by atoms with van der Waals surface area (Å²) in [4.78, 5) is 0.